The van der Waals surface area contributed by atoms with E-state index in [-0.39, 0.29) is 6.42 Å². The minimum absolute atomic E-state index is 0.0441. The highest BCUT2D eigenvalue weighted by Gasteiger charge is 2.06. The minimum Gasteiger partial charge on any atom is -0.481 e. The number of carbonyl (C=O) groups is 1. The number of carboxylic acids is 1. The molecule has 0 unspecified atom stereocenters. The maximum absolute atomic E-state index is 10.4. The van der Waals surface area contributed by atoms with E-state index in [1.165, 1.54) is 7.11 Å². The first-order chi connectivity index (χ1) is 6.13. The second kappa shape index (κ2) is 4.23. The van der Waals surface area contributed by atoms with Crippen LogP contribution < -0.4 is 4.74 Å². The Labute approximate surface area is 83.7 Å². The molecule has 4 nitrogen and oxygen atoms in total. The van der Waals surface area contributed by atoms with Gasteiger partial charge in [0, 0.05) is 6.07 Å². The average Bonchev–Trinajstić information content (AvgIpc) is 2.08. The van der Waals surface area contributed by atoms with E-state index in [0.717, 1.165) is 0 Å². The molecule has 0 saturated heterocycles. The van der Waals surface area contributed by atoms with Crippen molar-refractivity contribution in [3.05, 3.63) is 22.3 Å². The van der Waals surface area contributed by atoms with Gasteiger partial charge in [-0.3, -0.25) is 4.79 Å². The number of pyridine rings is 1. The van der Waals surface area contributed by atoms with Gasteiger partial charge in [0.05, 0.1) is 13.5 Å². The molecule has 1 rings (SSSR count). The van der Waals surface area contributed by atoms with Crippen molar-refractivity contribution in [2.45, 2.75) is 6.42 Å². The summed E-state index contributed by atoms with van der Waals surface area (Å²) < 4.78 is 5.38. The Balaban J connectivity index is 2.91. The van der Waals surface area contributed by atoms with Crippen molar-refractivity contribution < 1.29 is 14.6 Å². The van der Waals surface area contributed by atoms with E-state index in [2.05, 4.69) is 20.9 Å². The summed E-state index contributed by atoms with van der Waals surface area (Å²) in [5.74, 6) is -0.423. The van der Waals surface area contributed by atoms with Crippen LogP contribution in [0.15, 0.2) is 16.7 Å². The molecule has 1 aromatic rings. The molecule has 1 aromatic heterocycles. The molecule has 0 aliphatic carbocycles. The number of halogens is 1. The lowest BCUT2D eigenvalue weighted by Crippen LogP contribution is -2.02. The molecule has 1 heterocycles. The number of ether oxygens (including phenoxy) is 1. The predicted molar refractivity (Wildman–Crippen MR) is 49.8 cm³/mol. The second-order valence-corrected chi connectivity index (χ2v) is 3.13. The molecule has 0 bridgehead atoms. The molecule has 0 amide bonds. The van der Waals surface area contributed by atoms with E-state index < -0.39 is 5.97 Å². The highest BCUT2D eigenvalue weighted by molar-refractivity contribution is 9.10. The summed E-state index contributed by atoms with van der Waals surface area (Å²) in [4.78, 5) is 14.4. The quantitative estimate of drug-likeness (QED) is 0.820. The average molecular weight is 246 g/mol. The van der Waals surface area contributed by atoms with Crippen LogP contribution >= 0.6 is 15.9 Å². The molecule has 0 spiro atoms. The van der Waals surface area contributed by atoms with E-state index >= 15 is 0 Å². The molecule has 13 heavy (non-hydrogen) atoms. The van der Waals surface area contributed by atoms with Crippen LogP contribution in [0, 0.1) is 0 Å². The number of methoxy groups -OCH3 is 1. The third-order valence-electron chi connectivity index (χ3n) is 1.45. The highest BCUT2D eigenvalue weighted by atomic mass is 79.9. The van der Waals surface area contributed by atoms with E-state index in [4.69, 9.17) is 9.84 Å². The van der Waals surface area contributed by atoms with Crippen molar-refractivity contribution >= 4 is 21.9 Å². The van der Waals surface area contributed by atoms with Crippen LogP contribution in [0.5, 0.6) is 5.88 Å². The summed E-state index contributed by atoms with van der Waals surface area (Å²) in [5, 5.41) is 8.54. The molecule has 0 saturated carbocycles. The van der Waals surface area contributed by atoms with Crippen LogP contribution in [0.4, 0.5) is 0 Å². The molecule has 0 aromatic carbocycles. The van der Waals surface area contributed by atoms with Gasteiger partial charge < -0.3 is 9.84 Å². The Bertz CT molecular complexity index is 327. The van der Waals surface area contributed by atoms with Crippen LogP contribution in [0.1, 0.15) is 5.56 Å². The molecule has 0 aliphatic heterocycles. The SMILES string of the molecule is COc1ccc(CC(=O)O)c(Br)n1. The van der Waals surface area contributed by atoms with Crippen molar-refractivity contribution in [1.82, 2.24) is 4.98 Å². The Morgan fingerprint density at radius 2 is 2.38 bits per heavy atom. The zero-order valence-corrected chi connectivity index (χ0v) is 8.54. The zero-order chi connectivity index (χ0) is 9.84. The van der Waals surface area contributed by atoms with Gasteiger partial charge >= 0.3 is 5.97 Å². The van der Waals surface area contributed by atoms with Gasteiger partial charge in [-0.2, -0.15) is 0 Å². The fraction of sp³-hybridized carbons (Fsp3) is 0.250. The van der Waals surface area contributed by atoms with E-state index in [1.807, 2.05) is 0 Å². The summed E-state index contributed by atoms with van der Waals surface area (Å²) in [6.45, 7) is 0. The number of hydrogen-bond acceptors (Lipinski definition) is 3. The lowest BCUT2D eigenvalue weighted by atomic mass is 10.2. The van der Waals surface area contributed by atoms with Crippen molar-refractivity contribution in [2.24, 2.45) is 0 Å². The van der Waals surface area contributed by atoms with Crippen LogP contribution in [0.2, 0.25) is 0 Å². The summed E-state index contributed by atoms with van der Waals surface area (Å²) in [6.07, 6.45) is -0.0441. The molecule has 0 radical (unpaired) electrons. The van der Waals surface area contributed by atoms with Gasteiger partial charge in [0.1, 0.15) is 4.60 Å². The largest absolute Gasteiger partial charge is 0.481 e. The van der Waals surface area contributed by atoms with Gasteiger partial charge in [-0.1, -0.05) is 6.07 Å². The smallest absolute Gasteiger partial charge is 0.307 e. The lowest BCUT2D eigenvalue weighted by Gasteiger charge is -2.02. The molecule has 0 fully saturated rings. The van der Waals surface area contributed by atoms with Crippen LogP contribution in [0.3, 0.4) is 0 Å². The van der Waals surface area contributed by atoms with Crippen LogP contribution in [-0.4, -0.2) is 23.2 Å². The second-order valence-electron chi connectivity index (χ2n) is 2.37. The normalized spacial score (nSPS) is 9.69. The monoisotopic (exact) mass is 245 g/mol. The van der Waals surface area contributed by atoms with Crippen molar-refractivity contribution in [2.75, 3.05) is 7.11 Å². The van der Waals surface area contributed by atoms with Crippen LogP contribution in [-0.2, 0) is 11.2 Å². The first-order valence-corrected chi connectivity index (χ1v) is 4.34. The first-order valence-electron chi connectivity index (χ1n) is 3.54. The summed E-state index contributed by atoms with van der Waals surface area (Å²) in [6, 6.07) is 3.30. The van der Waals surface area contributed by atoms with Gasteiger partial charge in [-0.05, 0) is 21.5 Å². The van der Waals surface area contributed by atoms with Gasteiger partial charge in [0.25, 0.3) is 0 Å². The van der Waals surface area contributed by atoms with E-state index in [1.54, 1.807) is 12.1 Å². The highest BCUT2D eigenvalue weighted by Crippen LogP contribution is 2.18. The predicted octanol–water partition coefficient (Wildman–Crippen LogP) is 1.48. The Hall–Kier alpha value is -1.10. The van der Waals surface area contributed by atoms with Crippen molar-refractivity contribution in [3.63, 3.8) is 0 Å². The topological polar surface area (TPSA) is 59.4 Å². The molecule has 1 N–H and O–H groups in total. The van der Waals surface area contributed by atoms with Crippen molar-refractivity contribution in [1.29, 1.82) is 0 Å². The number of rotatable bonds is 3. The summed E-state index contributed by atoms with van der Waals surface area (Å²) in [7, 11) is 1.51. The fourth-order valence-electron chi connectivity index (χ4n) is 0.855. The first kappa shape index (κ1) is 9.98. The molecular formula is C8H8BrNO3. The Kier molecular flexibility index (Phi) is 3.25. The number of nitrogens with zero attached hydrogens (tertiary/aromatic N) is 1. The molecule has 0 atom stereocenters. The van der Waals surface area contributed by atoms with Gasteiger partial charge in [-0.15, -0.1) is 0 Å². The number of carboxylic acid groups (broad SMARTS) is 1. The van der Waals surface area contributed by atoms with Gasteiger partial charge in [0.15, 0.2) is 0 Å². The Morgan fingerprint density at radius 1 is 1.69 bits per heavy atom. The van der Waals surface area contributed by atoms with Gasteiger partial charge in [-0.25, -0.2) is 4.98 Å². The number of aromatic nitrogens is 1. The van der Waals surface area contributed by atoms with E-state index in [9.17, 15) is 4.79 Å². The van der Waals surface area contributed by atoms with Crippen LogP contribution in [0.25, 0.3) is 0 Å². The number of aliphatic carboxylic acids is 1. The van der Waals surface area contributed by atoms with E-state index in [0.29, 0.717) is 16.0 Å². The third kappa shape index (κ3) is 2.69. The number of hydrogen-bond donors (Lipinski definition) is 1. The Morgan fingerprint density at radius 3 is 2.85 bits per heavy atom. The summed E-state index contributed by atoms with van der Waals surface area (Å²) in [5.41, 5.74) is 0.633. The maximum Gasteiger partial charge on any atom is 0.307 e. The fourth-order valence-corrected chi connectivity index (χ4v) is 1.30. The molecule has 0 aliphatic rings. The standard InChI is InChI=1S/C8H8BrNO3/c1-13-6-3-2-5(4-7(11)12)8(9)10-6/h2-3H,4H2,1H3,(H,11,12). The van der Waals surface area contributed by atoms with Gasteiger partial charge in [0.2, 0.25) is 5.88 Å². The lowest BCUT2D eigenvalue weighted by molar-refractivity contribution is -0.136. The zero-order valence-electron chi connectivity index (χ0n) is 6.95. The molecule has 5 heteroatoms. The maximum atomic E-state index is 10.4. The molecular weight excluding hydrogens is 238 g/mol. The molecule has 70 valence electrons. The van der Waals surface area contributed by atoms with Crippen molar-refractivity contribution in [3.8, 4) is 5.88 Å². The third-order valence-corrected chi connectivity index (χ3v) is 2.14. The minimum atomic E-state index is -0.882. The summed E-state index contributed by atoms with van der Waals surface area (Å²) >= 11 is 3.16.